The molecule has 0 aliphatic carbocycles. The Morgan fingerprint density at radius 1 is 1.15 bits per heavy atom. The number of anilines is 1. The predicted octanol–water partition coefficient (Wildman–Crippen LogP) is 3.53. The number of nitrogens with one attached hydrogen (secondary N) is 1. The summed E-state index contributed by atoms with van der Waals surface area (Å²) in [5.41, 5.74) is 2.44. The number of methoxy groups -OCH3 is 1. The largest absolute Gasteiger partial charge is 0.496 e. The van der Waals surface area contributed by atoms with Crippen molar-refractivity contribution in [1.29, 1.82) is 0 Å². The van der Waals surface area contributed by atoms with Gasteiger partial charge in [0.2, 0.25) is 0 Å². The summed E-state index contributed by atoms with van der Waals surface area (Å²) in [7, 11) is 1.67. The number of hydrogen-bond donors (Lipinski definition) is 1. The molecule has 0 saturated carbocycles. The summed E-state index contributed by atoms with van der Waals surface area (Å²) in [6.45, 7) is 8.54. The predicted molar refractivity (Wildman–Crippen MR) is 105 cm³/mol. The number of hydrogen-bond acceptors (Lipinski definition) is 5. The van der Waals surface area contributed by atoms with E-state index in [0.717, 1.165) is 42.2 Å². The second kappa shape index (κ2) is 7.90. The molecule has 1 N–H and O–H groups in total. The minimum Gasteiger partial charge on any atom is -0.496 e. The third kappa shape index (κ3) is 4.53. The SMILES string of the molecule is COc1ccccc1-c1[nH]ncc1N1CCCN(C(=O)OC(C)(C)C)CC1. The molecular formula is C20H28N4O3. The molecule has 2 aromatic rings. The molecule has 1 fully saturated rings. The summed E-state index contributed by atoms with van der Waals surface area (Å²) >= 11 is 0. The van der Waals surface area contributed by atoms with Crippen LogP contribution in [0.5, 0.6) is 5.75 Å². The number of para-hydroxylation sites is 1. The first-order valence-corrected chi connectivity index (χ1v) is 9.28. The quantitative estimate of drug-likeness (QED) is 0.892. The lowest BCUT2D eigenvalue weighted by molar-refractivity contribution is 0.0263. The van der Waals surface area contributed by atoms with Gasteiger partial charge in [-0.3, -0.25) is 5.10 Å². The topological polar surface area (TPSA) is 70.7 Å². The molecule has 1 aliphatic rings. The van der Waals surface area contributed by atoms with E-state index in [0.29, 0.717) is 13.1 Å². The number of ether oxygens (including phenoxy) is 2. The number of H-pyrrole nitrogens is 1. The molecule has 1 aliphatic heterocycles. The van der Waals surface area contributed by atoms with Crippen molar-refractivity contribution in [1.82, 2.24) is 15.1 Å². The van der Waals surface area contributed by atoms with Crippen molar-refractivity contribution in [3.8, 4) is 17.0 Å². The minimum atomic E-state index is -0.481. The third-order valence-corrected chi connectivity index (χ3v) is 4.48. The number of benzene rings is 1. The number of rotatable bonds is 3. The van der Waals surface area contributed by atoms with Crippen molar-refractivity contribution in [3.05, 3.63) is 30.5 Å². The fraction of sp³-hybridized carbons (Fsp3) is 0.500. The zero-order valence-electron chi connectivity index (χ0n) is 16.5. The Balaban J connectivity index is 1.76. The van der Waals surface area contributed by atoms with E-state index in [2.05, 4.69) is 15.1 Å². The van der Waals surface area contributed by atoms with Crippen LogP contribution in [0.15, 0.2) is 30.5 Å². The van der Waals surface area contributed by atoms with E-state index < -0.39 is 5.60 Å². The maximum atomic E-state index is 12.4. The van der Waals surface area contributed by atoms with E-state index in [9.17, 15) is 4.79 Å². The molecule has 0 radical (unpaired) electrons. The van der Waals surface area contributed by atoms with Crippen LogP contribution < -0.4 is 9.64 Å². The number of carbonyl (C=O) groups excluding carboxylic acids is 1. The smallest absolute Gasteiger partial charge is 0.410 e. The maximum Gasteiger partial charge on any atom is 0.410 e. The summed E-state index contributed by atoms with van der Waals surface area (Å²) < 4.78 is 11.0. The summed E-state index contributed by atoms with van der Waals surface area (Å²) in [6.07, 6.45) is 2.46. The molecule has 0 atom stereocenters. The van der Waals surface area contributed by atoms with Gasteiger partial charge < -0.3 is 19.3 Å². The molecule has 0 unspecified atom stereocenters. The lowest BCUT2D eigenvalue weighted by Gasteiger charge is -2.27. The highest BCUT2D eigenvalue weighted by atomic mass is 16.6. The molecule has 0 spiro atoms. The van der Waals surface area contributed by atoms with E-state index in [1.54, 1.807) is 12.0 Å². The Bertz CT molecular complexity index is 782. The molecule has 1 aromatic carbocycles. The Morgan fingerprint density at radius 3 is 2.67 bits per heavy atom. The van der Waals surface area contributed by atoms with Crippen LogP contribution in [0.4, 0.5) is 10.5 Å². The third-order valence-electron chi connectivity index (χ3n) is 4.48. The van der Waals surface area contributed by atoms with Crippen LogP contribution >= 0.6 is 0 Å². The molecule has 0 bridgehead atoms. The van der Waals surface area contributed by atoms with Gasteiger partial charge in [0.05, 0.1) is 24.7 Å². The first-order chi connectivity index (χ1) is 12.9. The van der Waals surface area contributed by atoms with Crippen LogP contribution in [0.1, 0.15) is 27.2 Å². The first kappa shape index (κ1) is 19.1. The van der Waals surface area contributed by atoms with Crippen LogP contribution in [-0.2, 0) is 4.74 Å². The number of aromatic amines is 1. The van der Waals surface area contributed by atoms with Gasteiger partial charge in [0.15, 0.2) is 0 Å². The van der Waals surface area contributed by atoms with Crippen molar-refractivity contribution in [3.63, 3.8) is 0 Å². The number of aromatic nitrogens is 2. The molecule has 7 nitrogen and oxygen atoms in total. The van der Waals surface area contributed by atoms with Gasteiger partial charge in [-0.25, -0.2) is 4.79 Å². The molecule has 1 aromatic heterocycles. The normalized spacial score (nSPS) is 15.4. The van der Waals surface area contributed by atoms with Gasteiger partial charge in [0.25, 0.3) is 0 Å². The number of carbonyl (C=O) groups is 1. The summed E-state index contributed by atoms with van der Waals surface area (Å²) in [4.78, 5) is 16.4. The fourth-order valence-corrected chi connectivity index (χ4v) is 3.24. The Hall–Kier alpha value is -2.70. The number of nitrogens with zero attached hydrogens (tertiary/aromatic N) is 3. The summed E-state index contributed by atoms with van der Waals surface area (Å²) in [6, 6.07) is 7.88. The monoisotopic (exact) mass is 372 g/mol. The highest BCUT2D eigenvalue weighted by molar-refractivity contribution is 5.79. The van der Waals surface area contributed by atoms with Gasteiger partial charge >= 0.3 is 6.09 Å². The zero-order valence-corrected chi connectivity index (χ0v) is 16.5. The Kier molecular flexibility index (Phi) is 5.58. The van der Waals surface area contributed by atoms with Crippen molar-refractivity contribution in [2.24, 2.45) is 0 Å². The van der Waals surface area contributed by atoms with Gasteiger partial charge in [0, 0.05) is 31.7 Å². The molecule has 27 heavy (non-hydrogen) atoms. The number of amides is 1. The Morgan fingerprint density at radius 2 is 1.93 bits per heavy atom. The standard InChI is InChI=1S/C20H28N4O3/c1-20(2,3)27-19(25)24-11-7-10-23(12-13-24)16-14-21-22-18(16)15-8-5-6-9-17(15)26-4/h5-6,8-9,14H,7,10-13H2,1-4H3,(H,21,22). The highest BCUT2D eigenvalue weighted by Crippen LogP contribution is 2.35. The van der Waals surface area contributed by atoms with Crippen molar-refractivity contribution in [2.75, 3.05) is 38.2 Å². The van der Waals surface area contributed by atoms with E-state index >= 15 is 0 Å². The zero-order chi connectivity index (χ0) is 19.4. The van der Waals surface area contributed by atoms with Gasteiger partial charge in [-0.2, -0.15) is 5.10 Å². The first-order valence-electron chi connectivity index (χ1n) is 9.28. The van der Waals surface area contributed by atoms with E-state index in [1.165, 1.54) is 0 Å². The minimum absolute atomic E-state index is 0.249. The second-order valence-corrected chi connectivity index (χ2v) is 7.64. The average molecular weight is 372 g/mol. The molecule has 3 rings (SSSR count). The van der Waals surface area contributed by atoms with Gasteiger partial charge in [-0.1, -0.05) is 12.1 Å². The summed E-state index contributed by atoms with van der Waals surface area (Å²) in [5, 5.41) is 7.36. The highest BCUT2D eigenvalue weighted by Gasteiger charge is 2.26. The van der Waals surface area contributed by atoms with E-state index in [-0.39, 0.29) is 6.09 Å². The van der Waals surface area contributed by atoms with Crippen LogP contribution in [0.25, 0.3) is 11.3 Å². The van der Waals surface area contributed by atoms with Crippen molar-refractivity contribution < 1.29 is 14.3 Å². The van der Waals surface area contributed by atoms with Crippen LogP contribution in [0.2, 0.25) is 0 Å². The van der Waals surface area contributed by atoms with Crippen LogP contribution in [-0.4, -0.2) is 60.1 Å². The van der Waals surface area contributed by atoms with Crippen LogP contribution in [0, 0.1) is 0 Å². The molecule has 1 amide bonds. The second-order valence-electron chi connectivity index (χ2n) is 7.64. The van der Waals surface area contributed by atoms with Crippen molar-refractivity contribution >= 4 is 11.8 Å². The molecule has 7 heteroatoms. The van der Waals surface area contributed by atoms with Gasteiger partial charge in [0.1, 0.15) is 11.4 Å². The molecular weight excluding hydrogens is 344 g/mol. The molecule has 2 heterocycles. The average Bonchev–Trinajstić information content (AvgIpc) is 2.97. The van der Waals surface area contributed by atoms with Crippen LogP contribution in [0.3, 0.4) is 0 Å². The lowest BCUT2D eigenvalue weighted by Crippen LogP contribution is -2.39. The Labute approximate surface area is 160 Å². The molecule has 146 valence electrons. The summed E-state index contributed by atoms with van der Waals surface area (Å²) in [5.74, 6) is 0.799. The lowest BCUT2D eigenvalue weighted by atomic mass is 10.1. The van der Waals surface area contributed by atoms with E-state index in [1.807, 2.05) is 51.2 Å². The maximum absolute atomic E-state index is 12.4. The van der Waals surface area contributed by atoms with Crippen molar-refractivity contribution in [2.45, 2.75) is 32.8 Å². The van der Waals surface area contributed by atoms with Gasteiger partial charge in [-0.05, 0) is 39.3 Å². The van der Waals surface area contributed by atoms with Gasteiger partial charge in [-0.15, -0.1) is 0 Å². The molecule has 1 saturated heterocycles. The van der Waals surface area contributed by atoms with E-state index in [4.69, 9.17) is 9.47 Å². The fourth-order valence-electron chi connectivity index (χ4n) is 3.24.